The Kier molecular flexibility index (Phi) is 5.36. The van der Waals surface area contributed by atoms with Gasteiger partial charge in [-0.25, -0.2) is 0 Å². The molecular weight excluding hydrogens is 326 g/mol. The van der Waals surface area contributed by atoms with E-state index in [0.717, 1.165) is 35.0 Å². The summed E-state index contributed by atoms with van der Waals surface area (Å²) in [6, 6.07) is 8.86. The van der Waals surface area contributed by atoms with Crippen LogP contribution in [0.25, 0.3) is 0 Å². The zero-order chi connectivity index (χ0) is 14.7. The predicted molar refractivity (Wildman–Crippen MR) is 90.3 cm³/mol. The molecule has 0 amide bonds. The van der Waals surface area contributed by atoms with Crippen LogP contribution in [0.5, 0.6) is 0 Å². The van der Waals surface area contributed by atoms with Crippen LogP contribution < -0.4 is 0 Å². The van der Waals surface area contributed by atoms with E-state index in [2.05, 4.69) is 20.8 Å². The summed E-state index contributed by atoms with van der Waals surface area (Å²) in [5.41, 5.74) is 1.04. The van der Waals surface area contributed by atoms with E-state index in [1.165, 1.54) is 45.1 Å². The zero-order valence-electron chi connectivity index (χ0n) is 12.7. The highest BCUT2D eigenvalue weighted by atomic mass is 79.9. The first-order chi connectivity index (χ1) is 10.2. The first-order valence-corrected chi connectivity index (χ1v) is 9.21. The van der Waals surface area contributed by atoms with E-state index in [-0.39, 0.29) is 6.10 Å². The van der Waals surface area contributed by atoms with Crippen molar-refractivity contribution in [3.8, 4) is 0 Å². The molecule has 1 aromatic carbocycles. The SMILES string of the molecule is OC(CCN1CCC[C@H]2CCCC[C@H]21)c1ccc(Br)cc1. The summed E-state index contributed by atoms with van der Waals surface area (Å²) in [5, 5.41) is 10.4. The van der Waals surface area contributed by atoms with Crippen LogP contribution in [-0.4, -0.2) is 29.1 Å². The lowest BCUT2D eigenvalue weighted by molar-refractivity contribution is 0.0456. The fourth-order valence-electron chi connectivity index (χ4n) is 4.15. The van der Waals surface area contributed by atoms with Crippen LogP contribution in [-0.2, 0) is 0 Å². The van der Waals surface area contributed by atoms with Crippen molar-refractivity contribution in [3.05, 3.63) is 34.3 Å². The molecule has 3 heteroatoms. The van der Waals surface area contributed by atoms with Gasteiger partial charge in [-0.2, -0.15) is 0 Å². The Morgan fingerprint density at radius 2 is 1.81 bits per heavy atom. The van der Waals surface area contributed by atoms with E-state index >= 15 is 0 Å². The second kappa shape index (κ2) is 7.26. The number of aliphatic hydroxyl groups excluding tert-OH is 1. The van der Waals surface area contributed by atoms with E-state index in [1.807, 2.05) is 24.3 Å². The third-order valence-electron chi connectivity index (χ3n) is 5.30. The molecule has 1 saturated carbocycles. The predicted octanol–water partition coefficient (Wildman–Crippen LogP) is 4.53. The van der Waals surface area contributed by atoms with Gasteiger partial charge in [-0.05, 0) is 62.3 Å². The molecule has 3 rings (SSSR count). The van der Waals surface area contributed by atoms with Crippen molar-refractivity contribution in [2.75, 3.05) is 13.1 Å². The topological polar surface area (TPSA) is 23.5 Å². The Balaban J connectivity index is 1.55. The molecular formula is C18H26BrNO. The minimum Gasteiger partial charge on any atom is -0.388 e. The summed E-state index contributed by atoms with van der Waals surface area (Å²) in [4.78, 5) is 2.66. The molecule has 1 unspecified atom stereocenters. The number of rotatable bonds is 4. The van der Waals surface area contributed by atoms with Crippen LogP contribution in [0.15, 0.2) is 28.7 Å². The third kappa shape index (κ3) is 3.88. The van der Waals surface area contributed by atoms with E-state index in [9.17, 15) is 5.11 Å². The molecule has 2 nitrogen and oxygen atoms in total. The smallest absolute Gasteiger partial charge is 0.0802 e. The van der Waals surface area contributed by atoms with Crippen LogP contribution in [0.1, 0.15) is 56.6 Å². The highest BCUT2D eigenvalue weighted by molar-refractivity contribution is 9.10. The second-order valence-corrected chi connectivity index (χ2v) is 7.56. The molecule has 0 bridgehead atoms. The van der Waals surface area contributed by atoms with Gasteiger partial charge in [0.15, 0.2) is 0 Å². The maximum absolute atomic E-state index is 10.4. The Labute approximate surface area is 136 Å². The van der Waals surface area contributed by atoms with Gasteiger partial charge in [-0.1, -0.05) is 40.9 Å². The second-order valence-electron chi connectivity index (χ2n) is 6.65. The molecule has 1 aliphatic carbocycles. The van der Waals surface area contributed by atoms with Gasteiger partial charge in [0.05, 0.1) is 6.10 Å². The highest BCUT2D eigenvalue weighted by Crippen LogP contribution is 2.35. The van der Waals surface area contributed by atoms with Gasteiger partial charge in [0.1, 0.15) is 0 Å². The molecule has 1 aromatic rings. The monoisotopic (exact) mass is 351 g/mol. The summed E-state index contributed by atoms with van der Waals surface area (Å²) < 4.78 is 1.07. The van der Waals surface area contributed by atoms with Crippen LogP contribution in [0.4, 0.5) is 0 Å². The maximum atomic E-state index is 10.4. The van der Waals surface area contributed by atoms with E-state index in [4.69, 9.17) is 0 Å². The Morgan fingerprint density at radius 1 is 1.10 bits per heavy atom. The minimum absolute atomic E-state index is 0.331. The number of likely N-dealkylation sites (tertiary alicyclic amines) is 1. The van der Waals surface area contributed by atoms with Gasteiger partial charge in [0, 0.05) is 17.1 Å². The zero-order valence-corrected chi connectivity index (χ0v) is 14.3. The Morgan fingerprint density at radius 3 is 2.62 bits per heavy atom. The van der Waals surface area contributed by atoms with E-state index in [1.54, 1.807) is 0 Å². The molecule has 0 radical (unpaired) electrons. The first kappa shape index (κ1) is 15.5. The fourth-order valence-corrected chi connectivity index (χ4v) is 4.41. The summed E-state index contributed by atoms with van der Waals surface area (Å²) in [6.45, 7) is 2.27. The van der Waals surface area contributed by atoms with Crippen LogP contribution in [0.3, 0.4) is 0 Å². The summed E-state index contributed by atoms with van der Waals surface area (Å²) in [6.07, 6.45) is 8.91. The average Bonchev–Trinajstić information content (AvgIpc) is 2.53. The molecule has 0 spiro atoms. The number of halogens is 1. The van der Waals surface area contributed by atoms with Crippen molar-refractivity contribution >= 4 is 15.9 Å². The molecule has 0 aromatic heterocycles. The van der Waals surface area contributed by atoms with Gasteiger partial charge < -0.3 is 10.0 Å². The van der Waals surface area contributed by atoms with Crippen molar-refractivity contribution < 1.29 is 5.11 Å². The third-order valence-corrected chi connectivity index (χ3v) is 5.83. The number of fused-ring (bicyclic) bond motifs is 1. The van der Waals surface area contributed by atoms with Gasteiger partial charge >= 0.3 is 0 Å². The van der Waals surface area contributed by atoms with Crippen LogP contribution in [0, 0.1) is 5.92 Å². The van der Waals surface area contributed by atoms with Crippen molar-refractivity contribution in [1.82, 2.24) is 4.90 Å². The number of nitrogens with zero attached hydrogens (tertiary/aromatic N) is 1. The van der Waals surface area contributed by atoms with Gasteiger partial charge in [0.25, 0.3) is 0 Å². The number of aliphatic hydroxyl groups is 1. The number of hydrogen-bond acceptors (Lipinski definition) is 2. The van der Waals surface area contributed by atoms with Crippen LogP contribution in [0.2, 0.25) is 0 Å². The molecule has 3 atom stereocenters. The van der Waals surface area contributed by atoms with Gasteiger partial charge in [-0.3, -0.25) is 0 Å². The molecule has 21 heavy (non-hydrogen) atoms. The number of piperidine rings is 1. The molecule has 2 fully saturated rings. The molecule has 1 N–H and O–H groups in total. The molecule has 2 aliphatic rings. The van der Waals surface area contributed by atoms with Crippen molar-refractivity contribution in [2.24, 2.45) is 5.92 Å². The molecule has 1 aliphatic heterocycles. The Bertz CT molecular complexity index is 445. The van der Waals surface area contributed by atoms with E-state index < -0.39 is 0 Å². The average molecular weight is 352 g/mol. The van der Waals surface area contributed by atoms with Crippen molar-refractivity contribution in [3.63, 3.8) is 0 Å². The van der Waals surface area contributed by atoms with E-state index in [0.29, 0.717) is 0 Å². The number of hydrogen-bond donors (Lipinski definition) is 1. The molecule has 1 saturated heterocycles. The van der Waals surface area contributed by atoms with Gasteiger partial charge in [0.2, 0.25) is 0 Å². The first-order valence-electron chi connectivity index (χ1n) is 8.41. The van der Waals surface area contributed by atoms with Gasteiger partial charge in [-0.15, -0.1) is 0 Å². The largest absolute Gasteiger partial charge is 0.388 e. The highest BCUT2D eigenvalue weighted by Gasteiger charge is 2.32. The summed E-state index contributed by atoms with van der Waals surface area (Å²) >= 11 is 3.44. The molecule has 1 heterocycles. The normalized spacial score (nSPS) is 28.1. The lowest BCUT2D eigenvalue weighted by atomic mass is 9.78. The lowest BCUT2D eigenvalue weighted by Gasteiger charge is -2.44. The summed E-state index contributed by atoms with van der Waals surface area (Å²) in [7, 11) is 0. The van der Waals surface area contributed by atoms with Crippen LogP contribution >= 0.6 is 15.9 Å². The van der Waals surface area contributed by atoms with Crippen molar-refractivity contribution in [1.29, 1.82) is 0 Å². The molecule has 116 valence electrons. The fraction of sp³-hybridized carbons (Fsp3) is 0.667. The quantitative estimate of drug-likeness (QED) is 0.861. The lowest BCUT2D eigenvalue weighted by Crippen LogP contribution is -2.47. The standard InChI is InChI=1S/C18H26BrNO/c19-16-9-7-15(8-10-16)18(21)11-13-20-12-3-5-14-4-1-2-6-17(14)20/h7-10,14,17-18,21H,1-6,11-13H2/t14-,17-,18?/m1/s1. The van der Waals surface area contributed by atoms with Crippen molar-refractivity contribution in [2.45, 2.75) is 57.1 Å². The Hall–Kier alpha value is -0.380. The minimum atomic E-state index is -0.331. The summed E-state index contributed by atoms with van der Waals surface area (Å²) in [5.74, 6) is 0.928. The number of benzene rings is 1. The maximum Gasteiger partial charge on any atom is 0.0802 e.